The summed E-state index contributed by atoms with van der Waals surface area (Å²) in [6.07, 6.45) is 14.6. The second-order valence-electron chi connectivity index (χ2n) is 9.58. The summed E-state index contributed by atoms with van der Waals surface area (Å²) in [6, 6.07) is 36.6. The molecule has 0 bridgehead atoms. The van der Waals surface area contributed by atoms with Crippen LogP contribution in [0.1, 0.15) is 18.4 Å². The van der Waals surface area contributed by atoms with E-state index in [2.05, 4.69) is 133 Å². The number of hydrogen-bond acceptors (Lipinski definition) is 2. The molecule has 1 aliphatic rings. The van der Waals surface area contributed by atoms with E-state index in [-0.39, 0.29) is 0 Å². The standard InChI is InChI=1S/C37H34N2/c1-4-12-32(5-2)38(33-13-8-6-9-14-33)36-25-19-30(20-26-36)31-21-27-37(28-22-31)39(34-15-10-7-11-16-34)35-23-17-29(3)18-24-35/h4-6,8-10,12-28H,1-2,7,11H2,3H3/b32-12+. The van der Waals surface area contributed by atoms with Gasteiger partial charge in [-0.15, -0.1) is 0 Å². The first-order valence-electron chi connectivity index (χ1n) is 13.4. The van der Waals surface area contributed by atoms with Gasteiger partial charge in [-0.05, 0) is 97.7 Å². The first-order valence-corrected chi connectivity index (χ1v) is 13.4. The van der Waals surface area contributed by atoms with Gasteiger partial charge >= 0.3 is 0 Å². The maximum absolute atomic E-state index is 4.03. The molecule has 0 saturated carbocycles. The molecule has 0 unspecified atom stereocenters. The van der Waals surface area contributed by atoms with Gasteiger partial charge in [0.15, 0.2) is 0 Å². The highest BCUT2D eigenvalue weighted by atomic mass is 15.2. The molecule has 0 heterocycles. The van der Waals surface area contributed by atoms with Gasteiger partial charge in [0.25, 0.3) is 0 Å². The number of hydrogen-bond donors (Lipinski definition) is 0. The monoisotopic (exact) mass is 506 g/mol. The number of allylic oxidation sites excluding steroid dienone is 6. The first kappa shape index (κ1) is 25.8. The smallest absolute Gasteiger partial charge is 0.0462 e. The Labute approximate surface area is 232 Å². The summed E-state index contributed by atoms with van der Waals surface area (Å²) in [5.41, 5.74) is 10.3. The van der Waals surface area contributed by atoms with Crippen LogP contribution in [-0.4, -0.2) is 0 Å². The third-order valence-electron chi connectivity index (χ3n) is 6.88. The molecule has 192 valence electrons. The molecule has 1 aliphatic carbocycles. The van der Waals surface area contributed by atoms with Crippen LogP contribution >= 0.6 is 0 Å². The number of para-hydroxylation sites is 1. The zero-order valence-electron chi connectivity index (χ0n) is 22.5. The maximum Gasteiger partial charge on any atom is 0.0462 e. The van der Waals surface area contributed by atoms with Crippen LogP contribution in [0.15, 0.2) is 164 Å². The Morgan fingerprint density at radius 2 is 1.23 bits per heavy atom. The molecule has 0 fully saturated rings. The third kappa shape index (κ3) is 5.86. The van der Waals surface area contributed by atoms with Gasteiger partial charge in [0.1, 0.15) is 0 Å². The molecule has 39 heavy (non-hydrogen) atoms. The topological polar surface area (TPSA) is 6.48 Å². The van der Waals surface area contributed by atoms with Crippen molar-refractivity contribution in [1.29, 1.82) is 0 Å². The van der Waals surface area contributed by atoms with E-state index in [0.717, 1.165) is 35.6 Å². The highest BCUT2D eigenvalue weighted by Crippen LogP contribution is 2.35. The van der Waals surface area contributed by atoms with Crippen LogP contribution in [-0.2, 0) is 0 Å². The van der Waals surface area contributed by atoms with Crippen molar-refractivity contribution in [3.63, 3.8) is 0 Å². The molecule has 0 saturated heterocycles. The quantitative estimate of drug-likeness (QED) is 0.208. The van der Waals surface area contributed by atoms with Crippen molar-refractivity contribution in [2.45, 2.75) is 19.8 Å². The summed E-state index contributed by atoms with van der Waals surface area (Å²) >= 11 is 0. The number of aryl methyl sites for hydroxylation is 1. The van der Waals surface area contributed by atoms with Crippen molar-refractivity contribution in [2.24, 2.45) is 0 Å². The van der Waals surface area contributed by atoms with E-state index in [1.54, 1.807) is 6.08 Å². The van der Waals surface area contributed by atoms with Crippen LogP contribution in [0, 0.1) is 6.92 Å². The summed E-state index contributed by atoms with van der Waals surface area (Å²) in [5.74, 6) is 0. The van der Waals surface area contributed by atoms with Crippen molar-refractivity contribution in [1.82, 2.24) is 0 Å². The van der Waals surface area contributed by atoms with Crippen LogP contribution < -0.4 is 9.80 Å². The van der Waals surface area contributed by atoms with Gasteiger partial charge in [0, 0.05) is 34.1 Å². The summed E-state index contributed by atoms with van der Waals surface area (Å²) < 4.78 is 0. The van der Waals surface area contributed by atoms with Crippen LogP contribution in [0.4, 0.5) is 22.7 Å². The van der Waals surface area contributed by atoms with Crippen LogP contribution in [0.25, 0.3) is 11.1 Å². The van der Waals surface area contributed by atoms with Crippen molar-refractivity contribution >= 4 is 22.7 Å². The fourth-order valence-corrected chi connectivity index (χ4v) is 4.89. The lowest BCUT2D eigenvalue weighted by Crippen LogP contribution is -2.16. The molecule has 0 N–H and O–H groups in total. The summed E-state index contributed by atoms with van der Waals surface area (Å²) in [7, 11) is 0. The van der Waals surface area contributed by atoms with Gasteiger partial charge in [-0.3, -0.25) is 0 Å². The lowest BCUT2D eigenvalue weighted by molar-refractivity contribution is 0.997. The summed E-state index contributed by atoms with van der Waals surface area (Å²) in [6.45, 7) is 10.0. The lowest BCUT2D eigenvalue weighted by Gasteiger charge is -2.28. The highest BCUT2D eigenvalue weighted by Gasteiger charge is 2.15. The molecule has 2 nitrogen and oxygen atoms in total. The Balaban J connectivity index is 1.45. The fourth-order valence-electron chi connectivity index (χ4n) is 4.89. The Kier molecular flexibility index (Phi) is 8.04. The minimum Gasteiger partial charge on any atom is -0.311 e. The van der Waals surface area contributed by atoms with Gasteiger partial charge in [0.05, 0.1) is 0 Å². The van der Waals surface area contributed by atoms with Gasteiger partial charge in [0.2, 0.25) is 0 Å². The number of rotatable bonds is 9. The molecule has 0 aromatic heterocycles. The SMILES string of the molecule is C=C/C=C(\C=C)N(c1ccccc1)c1ccc(-c2ccc(N(C3=CCCC=C3)c3ccc(C)cc3)cc2)cc1. The Bertz CT molecular complexity index is 1500. The van der Waals surface area contributed by atoms with Crippen molar-refractivity contribution in [3.8, 4) is 11.1 Å². The Hall–Kier alpha value is -4.82. The number of nitrogens with zero attached hydrogens (tertiary/aromatic N) is 2. The molecule has 0 aliphatic heterocycles. The molecule has 4 aromatic carbocycles. The van der Waals surface area contributed by atoms with Crippen LogP contribution in [0.5, 0.6) is 0 Å². The second-order valence-corrected chi connectivity index (χ2v) is 9.58. The average molecular weight is 507 g/mol. The number of benzene rings is 4. The third-order valence-corrected chi connectivity index (χ3v) is 6.88. The van der Waals surface area contributed by atoms with E-state index in [1.165, 1.54) is 28.1 Å². The van der Waals surface area contributed by atoms with Gasteiger partial charge in [-0.25, -0.2) is 0 Å². The van der Waals surface area contributed by atoms with E-state index >= 15 is 0 Å². The molecule has 0 spiro atoms. The average Bonchev–Trinajstić information content (AvgIpc) is 3.00. The zero-order chi connectivity index (χ0) is 27.0. The van der Waals surface area contributed by atoms with E-state index in [1.807, 2.05) is 30.4 Å². The van der Waals surface area contributed by atoms with Gasteiger partial charge in [-0.1, -0.05) is 91.5 Å². The Morgan fingerprint density at radius 1 is 0.667 bits per heavy atom. The molecular formula is C37H34N2. The fraction of sp³-hybridized carbons (Fsp3) is 0.0811. The predicted molar refractivity (Wildman–Crippen MR) is 169 cm³/mol. The maximum atomic E-state index is 4.03. The summed E-state index contributed by atoms with van der Waals surface area (Å²) in [4.78, 5) is 4.52. The molecule has 4 aromatic rings. The normalized spacial score (nSPS) is 12.9. The summed E-state index contributed by atoms with van der Waals surface area (Å²) in [5, 5.41) is 0. The molecule has 0 amide bonds. The molecule has 0 radical (unpaired) electrons. The van der Waals surface area contributed by atoms with E-state index < -0.39 is 0 Å². The van der Waals surface area contributed by atoms with Crippen LogP contribution in [0.2, 0.25) is 0 Å². The second kappa shape index (κ2) is 12.1. The van der Waals surface area contributed by atoms with Gasteiger partial charge < -0.3 is 9.80 Å². The van der Waals surface area contributed by atoms with Gasteiger partial charge in [-0.2, -0.15) is 0 Å². The van der Waals surface area contributed by atoms with Crippen molar-refractivity contribution in [2.75, 3.05) is 9.80 Å². The lowest BCUT2D eigenvalue weighted by atomic mass is 10.0. The molecule has 2 heteroatoms. The van der Waals surface area contributed by atoms with E-state index in [4.69, 9.17) is 0 Å². The number of anilines is 4. The largest absolute Gasteiger partial charge is 0.311 e. The van der Waals surface area contributed by atoms with Crippen molar-refractivity contribution in [3.05, 3.63) is 170 Å². The zero-order valence-corrected chi connectivity index (χ0v) is 22.5. The highest BCUT2D eigenvalue weighted by molar-refractivity contribution is 5.76. The Morgan fingerprint density at radius 3 is 1.77 bits per heavy atom. The molecular weight excluding hydrogens is 472 g/mol. The van der Waals surface area contributed by atoms with E-state index in [0.29, 0.717) is 0 Å². The minimum absolute atomic E-state index is 0.968. The van der Waals surface area contributed by atoms with Crippen molar-refractivity contribution < 1.29 is 0 Å². The molecule has 5 rings (SSSR count). The van der Waals surface area contributed by atoms with Crippen LogP contribution in [0.3, 0.4) is 0 Å². The predicted octanol–water partition coefficient (Wildman–Crippen LogP) is 10.4. The minimum atomic E-state index is 0.968. The molecule has 0 atom stereocenters. The first-order chi connectivity index (χ1) is 19.2. The van der Waals surface area contributed by atoms with E-state index in [9.17, 15) is 0 Å².